The number of aromatic nitrogens is 4. The first kappa shape index (κ1) is 12.9. The van der Waals surface area contributed by atoms with Crippen molar-refractivity contribution in [2.45, 2.75) is 51.1 Å². The van der Waals surface area contributed by atoms with Crippen LogP contribution >= 0.6 is 0 Å². The minimum Gasteiger partial charge on any atom is -0.333 e. The number of carbonyl (C=O) groups is 1. The van der Waals surface area contributed by atoms with Gasteiger partial charge in [-0.3, -0.25) is 4.79 Å². The number of nitrogens with zero attached hydrogens (tertiary/aromatic N) is 4. The third kappa shape index (κ3) is 2.84. The third-order valence-corrected chi connectivity index (χ3v) is 3.44. The van der Waals surface area contributed by atoms with Crippen LogP contribution in [0.1, 0.15) is 49.6 Å². The summed E-state index contributed by atoms with van der Waals surface area (Å²) < 4.78 is 0. The van der Waals surface area contributed by atoms with E-state index >= 15 is 0 Å². The maximum Gasteiger partial charge on any atom is 0.295 e. The van der Waals surface area contributed by atoms with Crippen molar-refractivity contribution >= 4 is 5.91 Å². The quantitative estimate of drug-likeness (QED) is 0.803. The topological polar surface area (TPSA) is 101 Å². The summed E-state index contributed by atoms with van der Waals surface area (Å²) in [5.74, 6) is 0.0180. The second kappa shape index (κ2) is 5.90. The molecule has 1 saturated carbocycles. The van der Waals surface area contributed by atoms with E-state index in [1.54, 1.807) is 0 Å². The fourth-order valence-electron chi connectivity index (χ4n) is 2.48. The van der Waals surface area contributed by atoms with Crippen molar-refractivity contribution in [2.75, 3.05) is 6.54 Å². The summed E-state index contributed by atoms with van der Waals surface area (Å²) >= 11 is 0. The lowest BCUT2D eigenvalue weighted by molar-refractivity contribution is 0.0614. The molecule has 1 aromatic rings. The van der Waals surface area contributed by atoms with Crippen molar-refractivity contribution in [3.63, 3.8) is 0 Å². The Bertz CT molecular complexity index is 371. The van der Waals surface area contributed by atoms with E-state index in [9.17, 15) is 4.79 Å². The van der Waals surface area contributed by atoms with Gasteiger partial charge in [0.25, 0.3) is 11.7 Å². The highest BCUT2D eigenvalue weighted by atomic mass is 16.2. The average Bonchev–Trinajstić information content (AvgIpc) is 2.90. The number of tetrazole rings is 1. The highest BCUT2D eigenvalue weighted by Crippen LogP contribution is 2.23. The summed E-state index contributed by atoms with van der Waals surface area (Å²) in [5, 5.41) is 13.3. The summed E-state index contributed by atoms with van der Waals surface area (Å²) in [6.07, 6.45) is 4.80. The van der Waals surface area contributed by atoms with Crippen molar-refractivity contribution in [1.82, 2.24) is 25.5 Å². The zero-order valence-electron chi connectivity index (χ0n) is 10.7. The molecule has 18 heavy (non-hydrogen) atoms. The number of aromatic amines is 1. The number of carbonyl (C=O) groups excluding carboxylic acids is 1. The first-order chi connectivity index (χ1) is 8.72. The number of hydrogen-bond donors (Lipinski definition) is 2. The van der Waals surface area contributed by atoms with E-state index in [0.29, 0.717) is 0 Å². The zero-order chi connectivity index (χ0) is 13.0. The molecule has 0 spiro atoms. The lowest BCUT2D eigenvalue weighted by Crippen LogP contribution is -2.45. The van der Waals surface area contributed by atoms with Gasteiger partial charge in [-0.1, -0.05) is 6.92 Å². The summed E-state index contributed by atoms with van der Waals surface area (Å²) in [6.45, 7) is 2.79. The molecule has 0 atom stereocenters. The molecule has 2 rings (SSSR count). The van der Waals surface area contributed by atoms with Crippen LogP contribution in [0.4, 0.5) is 0 Å². The molecule has 7 heteroatoms. The predicted octanol–water partition coefficient (Wildman–Crippen LogP) is 0.322. The second-order valence-electron chi connectivity index (χ2n) is 4.80. The van der Waals surface area contributed by atoms with E-state index in [0.717, 1.165) is 38.6 Å². The summed E-state index contributed by atoms with van der Waals surface area (Å²) in [6, 6.07) is 0.542. The normalized spacial score (nSPS) is 23.9. The third-order valence-electron chi connectivity index (χ3n) is 3.44. The Kier molecular flexibility index (Phi) is 4.24. The van der Waals surface area contributed by atoms with Gasteiger partial charge in [0.2, 0.25) is 0 Å². The van der Waals surface area contributed by atoms with E-state index in [4.69, 9.17) is 5.73 Å². The lowest BCUT2D eigenvalue weighted by Gasteiger charge is -2.35. The molecule has 0 aromatic carbocycles. The smallest absolute Gasteiger partial charge is 0.295 e. The van der Waals surface area contributed by atoms with Gasteiger partial charge in [0, 0.05) is 18.6 Å². The van der Waals surface area contributed by atoms with E-state index < -0.39 is 0 Å². The highest BCUT2D eigenvalue weighted by Gasteiger charge is 2.29. The monoisotopic (exact) mass is 252 g/mol. The summed E-state index contributed by atoms with van der Waals surface area (Å²) in [7, 11) is 0. The van der Waals surface area contributed by atoms with Crippen molar-refractivity contribution in [1.29, 1.82) is 0 Å². The fourth-order valence-corrected chi connectivity index (χ4v) is 2.48. The van der Waals surface area contributed by atoms with Crippen LogP contribution in [0.3, 0.4) is 0 Å². The predicted molar refractivity (Wildman–Crippen MR) is 65.7 cm³/mol. The van der Waals surface area contributed by atoms with Gasteiger partial charge in [-0.15, -0.1) is 10.2 Å². The molecule has 1 aliphatic rings. The SMILES string of the molecule is CCCN(C(=O)c1nn[nH]n1)C1CCC(N)CC1. The number of H-pyrrole nitrogens is 1. The lowest BCUT2D eigenvalue weighted by atomic mass is 9.90. The Morgan fingerprint density at radius 1 is 1.44 bits per heavy atom. The molecule has 3 N–H and O–H groups in total. The maximum atomic E-state index is 12.3. The zero-order valence-corrected chi connectivity index (χ0v) is 10.7. The molecular formula is C11H20N6O. The largest absolute Gasteiger partial charge is 0.333 e. The maximum absolute atomic E-state index is 12.3. The molecule has 1 aliphatic carbocycles. The van der Waals surface area contributed by atoms with Crippen molar-refractivity contribution in [3.8, 4) is 0 Å². The van der Waals surface area contributed by atoms with Crippen LogP contribution in [0, 0.1) is 0 Å². The van der Waals surface area contributed by atoms with Crippen molar-refractivity contribution < 1.29 is 4.79 Å². The Labute approximate surface area is 106 Å². The van der Waals surface area contributed by atoms with Gasteiger partial charge < -0.3 is 10.6 Å². The van der Waals surface area contributed by atoms with Gasteiger partial charge in [-0.2, -0.15) is 5.21 Å². The number of hydrogen-bond acceptors (Lipinski definition) is 5. The minimum atomic E-state index is -0.133. The molecule has 7 nitrogen and oxygen atoms in total. The van der Waals surface area contributed by atoms with E-state index in [-0.39, 0.29) is 23.8 Å². The van der Waals surface area contributed by atoms with E-state index in [1.165, 1.54) is 0 Å². The number of nitrogens with two attached hydrogens (primary N) is 1. The fraction of sp³-hybridized carbons (Fsp3) is 0.818. The van der Waals surface area contributed by atoms with Crippen LogP contribution in [-0.4, -0.2) is 50.1 Å². The van der Waals surface area contributed by atoms with Gasteiger partial charge >= 0.3 is 0 Å². The highest BCUT2D eigenvalue weighted by molar-refractivity contribution is 5.90. The molecule has 0 radical (unpaired) electrons. The molecule has 0 aliphatic heterocycles. The van der Waals surface area contributed by atoms with Crippen LogP contribution < -0.4 is 5.73 Å². The van der Waals surface area contributed by atoms with Crippen molar-refractivity contribution in [3.05, 3.63) is 5.82 Å². The first-order valence-electron chi connectivity index (χ1n) is 6.52. The summed E-state index contributed by atoms with van der Waals surface area (Å²) in [5.41, 5.74) is 5.90. The molecule has 0 unspecified atom stereocenters. The minimum absolute atomic E-state index is 0.133. The number of amides is 1. The van der Waals surface area contributed by atoms with Crippen LogP contribution in [0.2, 0.25) is 0 Å². The second-order valence-corrected chi connectivity index (χ2v) is 4.80. The Morgan fingerprint density at radius 2 is 2.17 bits per heavy atom. The number of rotatable bonds is 4. The van der Waals surface area contributed by atoms with Crippen LogP contribution in [0.25, 0.3) is 0 Å². The average molecular weight is 252 g/mol. The Balaban J connectivity index is 2.05. The van der Waals surface area contributed by atoms with E-state index in [1.807, 2.05) is 4.90 Å². The molecule has 100 valence electrons. The van der Waals surface area contributed by atoms with Gasteiger partial charge in [0.1, 0.15) is 0 Å². The van der Waals surface area contributed by atoms with Crippen LogP contribution in [0.15, 0.2) is 0 Å². The van der Waals surface area contributed by atoms with Gasteiger partial charge in [0.05, 0.1) is 0 Å². The van der Waals surface area contributed by atoms with Crippen molar-refractivity contribution in [2.24, 2.45) is 5.73 Å². The van der Waals surface area contributed by atoms with E-state index in [2.05, 4.69) is 27.5 Å². The van der Waals surface area contributed by atoms with Gasteiger partial charge in [-0.05, 0) is 37.3 Å². The standard InChI is InChI=1S/C11H20N6O/c1-2-7-17(9-5-3-8(12)4-6-9)11(18)10-13-15-16-14-10/h8-9H,2-7,12H2,1H3,(H,13,14,15,16). The molecule has 1 amide bonds. The number of nitrogens with one attached hydrogen (secondary N) is 1. The molecule has 0 bridgehead atoms. The van der Waals surface area contributed by atoms with Gasteiger partial charge in [-0.25, -0.2) is 0 Å². The Morgan fingerprint density at radius 3 is 2.72 bits per heavy atom. The van der Waals surface area contributed by atoms with Crippen LogP contribution in [-0.2, 0) is 0 Å². The first-order valence-corrected chi connectivity index (χ1v) is 6.52. The summed E-state index contributed by atoms with van der Waals surface area (Å²) in [4.78, 5) is 14.2. The van der Waals surface area contributed by atoms with Gasteiger partial charge in [0.15, 0.2) is 0 Å². The molecule has 1 heterocycles. The molecule has 1 aromatic heterocycles. The van der Waals surface area contributed by atoms with Crippen LogP contribution in [0.5, 0.6) is 0 Å². The Hall–Kier alpha value is -1.50. The molecular weight excluding hydrogens is 232 g/mol. The molecule has 1 fully saturated rings. The molecule has 0 saturated heterocycles.